The summed E-state index contributed by atoms with van der Waals surface area (Å²) in [5.74, 6) is -0.969. The van der Waals surface area contributed by atoms with Gasteiger partial charge in [0.15, 0.2) is 0 Å². The van der Waals surface area contributed by atoms with Crippen LogP contribution in [0.15, 0.2) is 42.5 Å². The standard InChI is InChI=1S/C29H40ClFN4O4S/c1-3-22-17-33-18-23(35(22)40(2,37)38)11-12-24-25(31)5-4-6-26(24)34-29(36)28(32)27(20-13-15-39-16-14-20)19-7-9-21(30)10-8-19/h4-10,20,22-23,27-28,33H,3,11-18,32H2,1-2H3,(H,34,36)/t22-,23?,27?,28-/m0/s1. The van der Waals surface area contributed by atoms with Gasteiger partial charge in [-0.3, -0.25) is 4.79 Å². The largest absolute Gasteiger partial charge is 0.381 e. The van der Waals surface area contributed by atoms with Crippen molar-refractivity contribution in [2.24, 2.45) is 11.7 Å². The van der Waals surface area contributed by atoms with E-state index < -0.39 is 27.8 Å². The summed E-state index contributed by atoms with van der Waals surface area (Å²) in [7, 11) is -3.44. The molecule has 2 aromatic rings. The third-order valence-electron chi connectivity index (χ3n) is 8.16. The Hall–Kier alpha value is -2.08. The highest BCUT2D eigenvalue weighted by molar-refractivity contribution is 7.88. The molecule has 4 atom stereocenters. The molecule has 0 spiro atoms. The summed E-state index contributed by atoms with van der Waals surface area (Å²) in [5, 5.41) is 6.80. The zero-order valence-electron chi connectivity index (χ0n) is 23.1. The summed E-state index contributed by atoms with van der Waals surface area (Å²) in [6, 6.07) is 10.6. The van der Waals surface area contributed by atoms with Gasteiger partial charge in [-0.2, -0.15) is 4.31 Å². The minimum Gasteiger partial charge on any atom is -0.381 e. The molecule has 2 fully saturated rings. The number of ether oxygens (including phenoxy) is 1. The number of hydrogen-bond acceptors (Lipinski definition) is 6. The fourth-order valence-electron chi connectivity index (χ4n) is 6.14. The van der Waals surface area contributed by atoms with E-state index in [1.807, 2.05) is 19.1 Å². The second-order valence-corrected chi connectivity index (χ2v) is 13.1. The summed E-state index contributed by atoms with van der Waals surface area (Å²) < 4.78 is 47.4. The van der Waals surface area contributed by atoms with Gasteiger partial charge in [0.2, 0.25) is 15.9 Å². The molecule has 2 aromatic carbocycles. The number of nitrogens with two attached hydrogens (primary N) is 1. The maximum absolute atomic E-state index is 15.1. The molecule has 2 saturated heterocycles. The van der Waals surface area contributed by atoms with Crippen LogP contribution in [0.4, 0.5) is 10.1 Å². The number of halogens is 2. The van der Waals surface area contributed by atoms with Crippen molar-refractivity contribution < 1.29 is 22.3 Å². The number of sulfonamides is 1. The third kappa shape index (κ3) is 7.40. The fourth-order valence-corrected chi connectivity index (χ4v) is 7.76. The minimum absolute atomic E-state index is 0.148. The summed E-state index contributed by atoms with van der Waals surface area (Å²) >= 11 is 6.11. The number of rotatable bonds is 10. The van der Waals surface area contributed by atoms with E-state index in [1.165, 1.54) is 12.3 Å². The van der Waals surface area contributed by atoms with Crippen LogP contribution >= 0.6 is 11.6 Å². The normalized spacial score (nSPS) is 22.5. The highest BCUT2D eigenvalue weighted by atomic mass is 35.5. The number of nitrogens with zero attached hydrogens (tertiary/aromatic N) is 1. The van der Waals surface area contributed by atoms with Crippen molar-refractivity contribution in [3.8, 4) is 0 Å². The molecule has 2 unspecified atom stereocenters. The Morgan fingerprint density at radius 3 is 2.50 bits per heavy atom. The first-order chi connectivity index (χ1) is 19.1. The van der Waals surface area contributed by atoms with Gasteiger partial charge >= 0.3 is 0 Å². The molecular weight excluding hydrogens is 555 g/mol. The van der Waals surface area contributed by atoms with Gasteiger partial charge in [0.25, 0.3) is 0 Å². The SMILES string of the molecule is CC[C@H]1CNCC(CCc2c(F)cccc2NC(=O)[C@@H](N)C(c2ccc(Cl)cc2)C2CCOCC2)N1S(C)(=O)=O. The number of anilines is 1. The number of amides is 1. The van der Waals surface area contributed by atoms with E-state index in [0.717, 1.165) is 18.4 Å². The zero-order valence-corrected chi connectivity index (χ0v) is 24.7. The first-order valence-corrected chi connectivity index (χ1v) is 16.2. The number of hydrogen-bond donors (Lipinski definition) is 3. The maximum atomic E-state index is 15.1. The van der Waals surface area contributed by atoms with Crippen molar-refractivity contribution in [2.75, 3.05) is 37.9 Å². The van der Waals surface area contributed by atoms with Crippen LogP contribution in [-0.2, 0) is 26.0 Å². The van der Waals surface area contributed by atoms with E-state index >= 15 is 4.39 Å². The predicted molar refractivity (Wildman–Crippen MR) is 156 cm³/mol. The smallest absolute Gasteiger partial charge is 0.241 e. The molecule has 2 heterocycles. The van der Waals surface area contributed by atoms with Crippen LogP contribution in [0, 0.1) is 11.7 Å². The molecule has 11 heteroatoms. The lowest BCUT2D eigenvalue weighted by molar-refractivity contribution is -0.118. The van der Waals surface area contributed by atoms with Gasteiger partial charge < -0.3 is 21.1 Å². The average Bonchev–Trinajstić information content (AvgIpc) is 2.93. The lowest BCUT2D eigenvalue weighted by atomic mass is 9.76. The van der Waals surface area contributed by atoms with E-state index in [0.29, 0.717) is 55.4 Å². The summed E-state index contributed by atoms with van der Waals surface area (Å²) in [4.78, 5) is 13.6. The Labute approximate surface area is 241 Å². The Bertz CT molecular complexity index is 1260. The molecule has 40 heavy (non-hydrogen) atoms. The van der Waals surface area contributed by atoms with Crippen LogP contribution < -0.4 is 16.4 Å². The first kappa shape index (κ1) is 30.9. The van der Waals surface area contributed by atoms with Gasteiger partial charge in [0.1, 0.15) is 5.82 Å². The lowest BCUT2D eigenvalue weighted by Crippen LogP contribution is -2.58. The molecule has 0 bridgehead atoms. The quantitative estimate of drug-likeness (QED) is 0.384. The van der Waals surface area contributed by atoms with Crippen molar-refractivity contribution in [1.82, 2.24) is 9.62 Å². The van der Waals surface area contributed by atoms with Crippen molar-refractivity contribution in [2.45, 2.75) is 63.1 Å². The summed E-state index contributed by atoms with van der Waals surface area (Å²) in [5.41, 5.74) is 8.24. The van der Waals surface area contributed by atoms with Crippen molar-refractivity contribution in [3.63, 3.8) is 0 Å². The van der Waals surface area contributed by atoms with Gasteiger partial charge in [0.05, 0.1) is 12.3 Å². The second kappa shape index (κ2) is 13.7. The molecule has 8 nitrogen and oxygen atoms in total. The average molecular weight is 595 g/mol. The molecule has 2 aliphatic heterocycles. The van der Waals surface area contributed by atoms with E-state index in [9.17, 15) is 13.2 Å². The van der Waals surface area contributed by atoms with E-state index in [4.69, 9.17) is 22.1 Å². The van der Waals surface area contributed by atoms with Crippen LogP contribution in [0.2, 0.25) is 5.02 Å². The molecule has 0 saturated carbocycles. The molecule has 0 aliphatic carbocycles. The van der Waals surface area contributed by atoms with Gasteiger partial charge in [-0.05, 0) is 67.9 Å². The first-order valence-electron chi connectivity index (χ1n) is 14.0. The summed E-state index contributed by atoms with van der Waals surface area (Å²) in [6.07, 6.45) is 4.13. The Morgan fingerprint density at radius 1 is 1.18 bits per heavy atom. The molecule has 4 N–H and O–H groups in total. The fraction of sp³-hybridized carbons (Fsp3) is 0.552. The molecule has 0 aromatic heterocycles. The predicted octanol–water partition coefficient (Wildman–Crippen LogP) is 3.90. The van der Waals surface area contributed by atoms with E-state index in [-0.39, 0.29) is 30.3 Å². The Morgan fingerprint density at radius 2 is 1.85 bits per heavy atom. The minimum atomic E-state index is -3.44. The summed E-state index contributed by atoms with van der Waals surface area (Å²) in [6.45, 7) is 4.24. The third-order valence-corrected chi connectivity index (χ3v) is 9.77. The molecule has 4 rings (SSSR count). The van der Waals surface area contributed by atoms with Crippen molar-refractivity contribution in [3.05, 3.63) is 64.4 Å². The van der Waals surface area contributed by atoms with Crippen LogP contribution in [-0.4, -0.2) is 69.3 Å². The maximum Gasteiger partial charge on any atom is 0.241 e. The Balaban J connectivity index is 1.53. The molecule has 2 aliphatic rings. The number of carbonyl (C=O) groups excluding carboxylic acids is 1. The van der Waals surface area contributed by atoms with Gasteiger partial charge in [-0.1, -0.05) is 36.7 Å². The number of piperazine rings is 1. The number of carbonyl (C=O) groups is 1. The van der Waals surface area contributed by atoms with Crippen LogP contribution in [0.1, 0.15) is 49.7 Å². The Kier molecular flexibility index (Phi) is 10.6. The topological polar surface area (TPSA) is 114 Å². The van der Waals surface area contributed by atoms with Gasteiger partial charge in [0, 0.05) is 60.6 Å². The molecule has 1 amide bonds. The van der Waals surface area contributed by atoms with E-state index in [2.05, 4.69) is 10.6 Å². The van der Waals surface area contributed by atoms with Gasteiger partial charge in [-0.15, -0.1) is 0 Å². The molecule has 0 radical (unpaired) electrons. The van der Waals surface area contributed by atoms with Crippen LogP contribution in [0.5, 0.6) is 0 Å². The van der Waals surface area contributed by atoms with Crippen LogP contribution in [0.25, 0.3) is 0 Å². The van der Waals surface area contributed by atoms with Crippen molar-refractivity contribution in [1.29, 1.82) is 0 Å². The number of nitrogens with one attached hydrogen (secondary N) is 2. The second-order valence-electron chi connectivity index (χ2n) is 10.8. The highest BCUT2D eigenvalue weighted by Crippen LogP contribution is 2.35. The monoisotopic (exact) mass is 594 g/mol. The van der Waals surface area contributed by atoms with Crippen molar-refractivity contribution >= 4 is 33.2 Å². The lowest BCUT2D eigenvalue weighted by Gasteiger charge is -2.40. The zero-order chi connectivity index (χ0) is 28.9. The van der Waals surface area contributed by atoms with E-state index in [1.54, 1.807) is 28.6 Å². The molecule has 220 valence electrons. The molecular formula is C29H40ClFN4O4S. The highest BCUT2D eigenvalue weighted by Gasteiger charge is 2.37. The van der Waals surface area contributed by atoms with Crippen LogP contribution in [0.3, 0.4) is 0 Å². The number of benzene rings is 2. The van der Waals surface area contributed by atoms with Gasteiger partial charge in [-0.25, -0.2) is 12.8 Å².